The van der Waals surface area contributed by atoms with E-state index in [1.807, 2.05) is 48.5 Å². The highest BCUT2D eigenvalue weighted by molar-refractivity contribution is 8.00. The van der Waals surface area contributed by atoms with Crippen molar-refractivity contribution in [1.29, 1.82) is 0 Å². The minimum atomic E-state index is -0.943. The molecule has 0 aliphatic carbocycles. The second-order valence-corrected chi connectivity index (χ2v) is 8.47. The normalized spacial score (nSPS) is 22.8. The van der Waals surface area contributed by atoms with Gasteiger partial charge < -0.3 is 28.8 Å². The maximum atomic E-state index is 11.4. The van der Waals surface area contributed by atoms with Crippen molar-refractivity contribution in [3.05, 3.63) is 59.7 Å². The van der Waals surface area contributed by atoms with Crippen LogP contribution in [0.5, 0.6) is 11.5 Å². The van der Waals surface area contributed by atoms with Gasteiger partial charge in [-0.2, -0.15) is 0 Å². The summed E-state index contributed by atoms with van der Waals surface area (Å²) in [6.07, 6.45) is -1.48. The van der Waals surface area contributed by atoms with Crippen molar-refractivity contribution in [2.24, 2.45) is 0 Å². The summed E-state index contributed by atoms with van der Waals surface area (Å²) in [5.74, 6) is 1.11. The van der Waals surface area contributed by atoms with Gasteiger partial charge in [-0.3, -0.25) is 4.79 Å². The Morgan fingerprint density at radius 2 is 1.48 bits per heavy atom. The van der Waals surface area contributed by atoms with Gasteiger partial charge in [0.1, 0.15) is 23.7 Å². The Bertz CT molecular complexity index is 825. The van der Waals surface area contributed by atoms with Crippen molar-refractivity contribution in [2.45, 2.75) is 43.0 Å². The molecular formula is C23H28O7S. The first kappa shape index (κ1) is 23.4. The minimum Gasteiger partial charge on any atom is -0.497 e. The first-order valence-corrected chi connectivity index (χ1v) is 10.9. The third-order valence-electron chi connectivity index (χ3n) is 4.88. The summed E-state index contributed by atoms with van der Waals surface area (Å²) in [6, 6.07) is 15.2. The standard InChI is InChI=1S/C23H28O7S/c1-15(24)30-23-21(25)22(29-13-17-6-10-19(27-3)11-7-17)20(31-23)14-28-12-16-4-8-18(26-2)9-5-16/h4-11,20-23,25H,12-14H2,1-3H3/t20-,21+,22-,23?/m1/s1. The highest BCUT2D eigenvalue weighted by Crippen LogP contribution is 2.38. The zero-order valence-corrected chi connectivity index (χ0v) is 18.7. The molecule has 2 aromatic carbocycles. The molecule has 0 aromatic heterocycles. The fourth-order valence-corrected chi connectivity index (χ4v) is 4.66. The summed E-state index contributed by atoms with van der Waals surface area (Å²) < 4.78 is 27.5. The number of hydrogen-bond acceptors (Lipinski definition) is 8. The lowest BCUT2D eigenvalue weighted by Gasteiger charge is -2.22. The highest BCUT2D eigenvalue weighted by atomic mass is 32.2. The molecule has 0 saturated carbocycles. The van der Waals surface area contributed by atoms with Crippen molar-refractivity contribution < 1.29 is 33.6 Å². The zero-order chi connectivity index (χ0) is 22.2. The van der Waals surface area contributed by atoms with Crippen LogP contribution in [0.15, 0.2) is 48.5 Å². The molecule has 2 aromatic rings. The molecule has 31 heavy (non-hydrogen) atoms. The smallest absolute Gasteiger partial charge is 0.303 e. The van der Waals surface area contributed by atoms with E-state index in [-0.39, 0.29) is 5.25 Å². The number of carbonyl (C=O) groups is 1. The van der Waals surface area contributed by atoms with Gasteiger partial charge in [0, 0.05) is 6.92 Å². The van der Waals surface area contributed by atoms with Crippen molar-refractivity contribution in [3.8, 4) is 11.5 Å². The molecule has 4 atom stereocenters. The number of methoxy groups -OCH3 is 2. The van der Waals surface area contributed by atoms with Crippen LogP contribution in [0.4, 0.5) is 0 Å². The molecule has 8 heteroatoms. The average Bonchev–Trinajstić information content (AvgIpc) is 3.06. The van der Waals surface area contributed by atoms with E-state index in [1.54, 1.807) is 14.2 Å². The van der Waals surface area contributed by atoms with Gasteiger partial charge in [-0.15, -0.1) is 11.8 Å². The van der Waals surface area contributed by atoms with Crippen LogP contribution in [-0.4, -0.2) is 54.8 Å². The fraction of sp³-hybridized carbons (Fsp3) is 0.435. The number of aliphatic hydroxyl groups excluding tert-OH is 1. The third kappa shape index (κ3) is 6.61. The molecule has 7 nitrogen and oxygen atoms in total. The summed E-state index contributed by atoms with van der Waals surface area (Å²) in [5, 5.41) is 10.5. The van der Waals surface area contributed by atoms with Crippen LogP contribution in [0, 0.1) is 0 Å². The van der Waals surface area contributed by atoms with E-state index >= 15 is 0 Å². The molecule has 0 bridgehead atoms. The topological polar surface area (TPSA) is 83.5 Å². The number of hydrogen-bond donors (Lipinski definition) is 1. The van der Waals surface area contributed by atoms with Crippen molar-refractivity contribution in [1.82, 2.24) is 0 Å². The number of carbonyl (C=O) groups excluding carboxylic acids is 1. The van der Waals surface area contributed by atoms with Gasteiger partial charge in [-0.1, -0.05) is 24.3 Å². The zero-order valence-electron chi connectivity index (χ0n) is 17.9. The SMILES string of the molecule is COc1ccc(COC[C@H]2SC(OC(C)=O)[C@@H](O)[C@@H]2OCc2ccc(OC)cc2)cc1. The van der Waals surface area contributed by atoms with Crippen LogP contribution in [0.25, 0.3) is 0 Å². The molecule has 1 fully saturated rings. The number of rotatable bonds is 10. The predicted octanol–water partition coefficient (Wildman–Crippen LogP) is 3.17. The quantitative estimate of drug-likeness (QED) is 0.555. The van der Waals surface area contributed by atoms with Crippen LogP contribution < -0.4 is 9.47 Å². The molecule has 0 spiro atoms. The summed E-state index contributed by atoms with van der Waals surface area (Å²) in [5.41, 5.74) is 1.27. The Labute approximate surface area is 186 Å². The molecule has 1 N–H and O–H groups in total. The van der Waals surface area contributed by atoms with Gasteiger partial charge >= 0.3 is 5.97 Å². The van der Waals surface area contributed by atoms with E-state index < -0.39 is 23.6 Å². The van der Waals surface area contributed by atoms with Crippen LogP contribution in [-0.2, 0) is 32.2 Å². The van der Waals surface area contributed by atoms with E-state index in [9.17, 15) is 9.90 Å². The van der Waals surface area contributed by atoms with Gasteiger partial charge in [0.05, 0.1) is 39.3 Å². The molecule has 0 radical (unpaired) electrons. The fourth-order valence-electron chi connectivity index (χ4n) is 3.24. The maximum absolute atomic E-state index is 11.4. The molecule has 1 aliphatic heterocycles. The van der Waals surface area contributed by atoms with Crippen LogP contribution in [0.2, 0.25) is 0 Å². The Morgan fingerprint density at radius 1 is 0.935 bits per heavy atom. The molecule has 1 saturated heterocycles. The second-order valence-electron chi connectivity index (χ2n) is 7.13. The Morgan fingerprint density at radius 3 is 2.00 bits per heavy atom. The molecular weight excluding hydrogens is 420 g/mol. The molecule has 3 rings (SSSR count). The lowest BCUT2D eigenvalue weighted by molar-refractivity contribution is -0.149. The summed E-state index contributed by atoms with van der Waals surface area (Å²) in [4.78, 5) is 11.4. The Balaban J connectivity index is 1.59. The van der Waals surface area contributed by atoms with Crippen LogP contribution in [0.1, 0.15) is 18.1 Å². The maximum Gasteiger partial charge on any atom is 0.303 e. The average molecular weight is 449 g/mol. The van der Waals surface area contributed by atoms with E-state index in [0.29, 0.717) is 19.8 Å². The number of benzene rings is 2. The summed E-state index contributed by atoms with van der Waals surface area (Å²) in [7, 11) is 3.24. The molecule has 1 aliphatic rings. The first-order valence-electron chi connectivity index (χ1n) is 9.96. The van der Waals surface area contributed by atoms with E-state index in [4.69, 9.17) is 23.7 Å². The van der Waals surface area contributed by atoms with Gasteiger partial charge in [-0.05, 0) is 35.4 Å². The number of aliphatic hydroxyl groups is 1. The van der Waals surface area contributed by atoms with Crippen molar-refractivity contribution in [2.75, 3.05) is 20.8 Å². The number of esters is 1. The summed E-state index contributed by atoms with van der Waals surface area (Å²) >= 11 is 1.35. The second kappa shape index (κ2) is 11.4. The van der Waals surface area contributed by atoms with E-state index in [0.717, 1.165) is 22.6 Å². The molecule has 168 valence electrons. The molecule has 1 heterocycles. The van der Waals surface area contributed by atoms with Crippen molar-refractivity contribution in [3.63, 3.8) is 0 Å². The van der Waals surface area contributed by atoms with E-state index in [1.165, 1.54) is 18.7 Å². The summed E-state index contributed by atoms with van der Waals surface area (Å²) in [6.45, 7) is 2.40. The largest absolute Gasteiger partial charge is 0.497 e. The minimum absolute atomic E-state index is 0.184. The third-order valence-corrected chi connectivity index (χ3v) is 6.28. The monoisotopic (exact) mass is 448 g/mol. The Kier molecular flexibility index (Phi) is 8.60. The number of thioether (sulfide) groups is 1. The number of ether oxygens (including phenoxy) is 5. The van der Waals surface area contributed by atoms with Crippen LogP contribution in [0.3, 0.4) is 0 Å². The molecule has 1 unspecified atom stereocenters. The lowest BCUT2D eigenvalue weighted by atomic mass is 10.1. The lowest BCUT2D eigenvalue weighted by Crippen LogP contribution is -2.37. The van der Waals surface area contributed by atoms with Gasteiger partial charge in [-0.25, -0.2) is 0 Å². The Hall–Kier alpha value is -2.26. The predicted molar refractivity (Wildman–Crippen MR) is 117 cm³/mol. The van der Waals surface area contributed by atoms with Gasteiger partial charge in [0.15, 0.2) is 5.44 Å². The van der Waals surface area contributed by atoms with Crippen LogP contribution >= 0.6 is 11.8 Å². The first-order chi connectivity index (χ1) is 15.0. The van der Waals surface area contributed by atoms with E-state index in [2.05, 4.69) is 0 Å². The van der Waals surface area contributed by atoms with Crippen molar-refractivity contribution >= 4 is 17.7 Å². The molecule has 0 amide bonds. The highest BCUT2D eigenvalue weighted by Gasteiger charge is 2.46. The van der Waals surface area contributed by atoms with Gasteiger partial charge in [0.25, 0.3) is 0 Å². The van der Waals surface area contributed by atoms with Gasteiger partial charge in [0.2, 0.25) is 0 Å².